The highest BCUT2D eigenvalue weighted by atomic mass is 32.2. The number of piperazine rings is 1. The summed E-state index contributed by atoms with van der Waals surface area (Å²) in [6.45, 7) is 1.56. The zero-order valence-electron chi connectivity index (χ0n) is 17.4. The van der Waals surface area contributed by atoms with Crippen LogP contribution < -0.4 is 5.32 Å². The van der Waals surface area contributed by atoms with Crippen molar-refractivity contribution in [1.82, 2.24) is 14.5 Å². The first-order valence-electron chi connectivity index (χ1n) is 10.7. The molecule has 9 heteroatoms. The number of nitrogens with zero attached hydrogens (tertiary/aromatic N) is 2. The maximum Gasteiger partial charge on any atom is 0.252 e. The molecule has 0 bridgehead atoms. The van der Waals surface area contributed by atoms with Crippen LogP contribution in [0.15, 0.2) is 39.9 Å². The first-order valence-corrected chi connectivity index (χ1v) is 13.0. The number of carbonyl (C=O) groups is 2. The molecule has 1 aromatic heterocycles. The third kappa shape index (κ3) is 4.99. The number of thiophene rings is 1. The number of hydrogen-bond donors (Lipinski definition) is 1. The van der Waals surface area contributed by atoms with Crippen molar-refractivity contribution in [3.63, 3.8) is 0 Å². The third-order valence-electron chi connectivity index (χ3n) is 5.96. The van der Waals surface area contributed by atoms with E-state index in [1.54, 1.807) is 22.4 Å². The monoisotopic (exact) mass is 461 g/mol. The van der Waals surface area contributed by atoms with E-state index in [0.717, 1.165) is 31.2 Å². The minimum atomic E-state index is -3.56. The summed E-state index contributed by atoms with van der Waals surface area (Å²) in [7, 11) is -3.56. The van der Waals surface area contributed by atoms with E-state index in [1.807, 2.05) is 17.5 Å². The van der Waals surface area contributed by atoms with Crippen LogP contribution in [0.4, 0.5) is 0 Å². The van der Waals surface area contributed by atoms with Gasteiger partial charge in [-0.2, -0.15) is 15.6 Å². The van der Waals surface area contributed by atoms with Gasteiger partial charge in [-0.15, -0.1) is 0 Å². The first kappa shape index (κ1) is 22.0. The van der Waals surface area contributed by atoms with Crippen LogP contribution in [0.3, 0.4) is 0 Å². The molecule has 1 aliphatic heterocycles. The first-order chi connectivity index (χ1) is 14.9. The minimum Gasteiger partial charge on any atom is -0.351 e. The molecule has 0 radical (unpaired) electrons. The maximum atomic E-state index is 13.1. The fraction of sp³-hybridized carbons (Fsp3) is 0.455. The molecule has 2 aliphatic rings. The van der Waals surface area contributed by atoms with Crippen molar-refractivity contribution in [2.45, 2.75) is 37.0 Å². The van der Waals surface area contributed by atoms with E-state index in [-0.39, 0.29) is 37.9 Å². The smallest absolute Gasteiger partial charge is 0.252 e. The number of fused-ring (bicyclic) bond motifs is 1. The molecule has 0 saturated carbocycles. The lowest BCUT2D eigenvalue weighted by atomic mass is 9.92. The second-order valence-corrected chi connectivity index (χ2v) is 10.7. The zero-order chi connectivity index (χ0) is 21.8. The molecule has 0 atom stereocenters. The van der Waals surface area contributed by atoms with Crippen LogP contribution in [-0.2, 0) is 27.7 Å². The van der Waals surface area contributed by atoms with Crippen molar-refractivity contribution in [2.24, 2.45) is 0 Å². The molecule has 1 N–H and O–H groups in total. The van der Waals surface area contributed by atoms with Crippen LogP contribution in [-0.4, -0.2) is 62.2 Å². The standard InChI is InChI=1S/C22H27N3O4S2/c26-21(7-9-23-22(27)19-8-14-30-16-19)24-10-12-25(13-11-24)31(28,29)20-6-5-17-3-1-2-4-18(17)15-20/h5-6,8,14-16H,1-4,7,9-13H2,(H,23,27). The quantitative estimate of drug-likeness (QED) is 0.715. The summed E-state index contributed by atoms with van der Waals surface area (Å²) in [5.41, 5.74) is 3.00. The van der Waals surface area contributed by atoms with Crippen LogP contribution >= 0.6 is 11.3 Å². The number of nitrogens with one attached hydrogen (secondary N) is 1. The van der Waals surface area contributed by atoms with Gasteiger partial charge in [-0.1, -0.05) is 6.07 Å². The molecule has 1 aliphatic carbocycles. The number of benzene rings is 1. The summed E-state index contributed by atoms with van der Waals surface area (Å²) in [5, 5.41) is 6.34. The third-order valence-corrected chi connectivity index (χ3v) is 8.53. The summed E-state index contributed by atoms with van der Waals surface area (Å²) in [4.78, 5) is 26.4. The lowest BCUT2D eigenvalue weighted by molar-refractivity contribution is -0.132. The minimum absolute atomic E-state index is 0.0727. The van der Waals surface area contributed by atoms with Crippen LogP contribution in [0.5, 0.6) is 0 Å². The van der Waals surface area contributed by atoms with Crippen molar-refractivity contribution in [3.05, 3.63) is 51.7 Å². The molecule has 2 amide bonds. The molecule has 2 aromatic rings. The molecule has 1 fully saturated rings. The van der Waals surface area contributed by atoms with E-state index in [0.29, 0.717) is 23.5 Å². The highest BCUT2D eigenvalue weighted by Gasteiger charge is 2.30. The predicted octanol–water partition coefficient (Wildman–Crippen LogP) is 2.28. The van der Waals surface area contributed by atoms with Crippen LogP contribution in [0.1, 0.15) is 40.7 Å². The van der Waals surface area contributed by atoms with Gasteiger partial charge >= 0.3 is 0 Å². The Balaban J connectivity index is 1.28. The Bertz CT molecular complexity index is 1040. The number of amides is 2. The number of sulfonamides is 1. The summed E-state index contributed by atoms with van der Waals surface area (Å²) < 4.78 is 27.6. The average molecular weight is 462 g/mol. The Morgan fingerprint density at radius 2 is 1.74 bits per heavy atom. The fourth-order valence-corrected chi connectivity index (χ4v) is 6.24. The van der Waals surface area contributed by atoms with Gasteiger partial charge in [0, 0.05) is 50.1 Å². The van der Waals surface area contributed by atoms with Crippen molar-refractivity contribution in [2.75, 3.05) is 32.7 Å². The van der Waals surface area contributed by atoms with Gasteiger partial charge < -0.3 is 10.2 Å². The van der Waals surface area contributed by atoms with Gasteiger partial charge in [0.2, 0.25) is 15.9 Å². The van der Waals surface area contributed by atoms with Crippen molar-refractivity contribution in [3.8, 4) is 0 Å². The fourth-order valence-electron chi connectivity index (χ4n) is 4.13. The van der Waals surface area contributed by atoms with Crippen LogP contribution in [0.25, 0.3) is 0 Å². The lowest BCUT2D eigenvalue weighted by Gasteiger charge is -2.34. The van der Waals surface area contributed by atoms with Crippen molar-refractivity contribution < 1.29 is 18.0 Å². The molecule has 0 unspecified atom stereocenters. The Labute approximate surface area is 187 Å². The van der Waals surface area contributed by atoms with Gasteiger partial charge in [0.1, 0.15) is 0 Å². The molecule has 0 spiro atoms. The lowest BCUT2D eigenvalue weighted by Crippen LogP contribution is -2.50. The SMILES string of the molecule is O=C(NCCC(=O)N1CCN(S(=O)(=O)c2ccc3c(c2)CCCC3)CC1)c1ccsc1. The van der Waals surface area contributed by atoms with Crippen LogP contribution in [0, 0.1) is 0 Å². The molecule has 4 rings (SSSR count). The van der Waals surface area contributed by atoms with E-state index in [4.69, 9.17) is 0 Å². The van der Waals surface area contributed by atoms with Gasteiger partial charge in [0.05, 0.1) is 4.90 Å². The number of aryl methyl sites for hydroxylation is 2. The van der Waals surface area contributed by atoms with E-state index in [2.05, 4.69) is 5.32 Å². The van der Waals surface area contributed by atoms with E-state index in [9.17, 15) is 18.0 Å². The molecular weight excluding hydrogens is 434 g/mol. The predicted molar refractivity (Wildman–Crippen MR) is 120 cm³/mol. The Hall–Kier alpha value is -2.23. The van der Waals surface area contributed by atoms with E-state index >= 15 is 0 Å². The van der Waals surface area contributed by atoms with E-state index in [1.165, 1.54) is 21.2 Å². The summed E-state index contributed by atoms with van der Waals surface area (Å²) in [6.07, 6.45) is 4.42. The Morgan fingerprint density at radius 3 is 2.45 bits per heavy atom. The zero-order valence-corrected chi connectivity index (χ0v) is 19.0. The number of rotatable bonds is 6. The molecular formula is C22H27N3O4S2. The molecule has 166 valence electrons. The molecule has 31 heavy (non-hydrogen) atoms. The van der Waals surface area contributed by atoms with Crippen molar-refractivity contribution in [1.29, 1.82) is 0 Å². The second-order valence-electron chi connectivity index (χ2n) is 7.94. The van der Waals surface area contributed by atoms with Gasteiger partial charge in [-0.25, -0.2) is 8.42 Å². The van der Waals surface area contributed by atoms with Gasteiger partial charge in [0.15, 0.2) is 0 Å². The Morgan fingerprint density at radius 1 is 1.00 bits per heavy atom. The van der Waals surface area contributed by atoms with Gasteiger partial charge in [0.25, 0.3) is 5.91 Å². The average Bonchev–Trinajstić information content (AvgIpc) is 3.34. The van der Waals surface area contributed by atoms with Gasteiger partial charge in [-0.3, -0.25) is 9.59 Å². The summed E-state index contributed by atoms with van der Waals surface area (Å²) >= 11 is 1.45. The maximum absolute atomic E-state index is 13.1. The summed E-state index contributed by atoms with van der Waals surface area (Å²) in [5.74, 6) is -0.258. The molecule has 7 nitrogen and oxygen atoms in total. The van der Waals surface area contributed by atoms with Gasteiger partial charge in [-0.05, 0) is 60.4 Å². The van der Waals surface area contributed by atoms with E-state index < -0.39 is 10.0 Å². The highest BCUT2D eigenvalue weighted by molar-refractivity contribution is 7.89. The normalized spacial score (nSPS) is 17.2. The number of hydrogen-bond acceptors (Lipinski definition) is 5. The topological polar surface area (TPSA) is 86.8 Å². The Kier molecular flexibility index (Phi) is 6.74. The molecule has 2 heterocycles. The van der Waals surface area contributed by atoms with Crippen molar-refractivity contribution >= 4 is 33.2 Å². The summed E-state index contributed by atoms with van der Waals surface area (Å²) in [6, 6.07) is 7.24. The number of carbonyl (C=O) groups excluding carboxylic acids is 2. The largest absolute Gasteiger partial charge is 0.351 e. The molecule has 1 aromatic carbocycles. The molecule has 1 saturated heterocycles. The second kappa shape index (κ2) is 9.50. The highest BCUT2D eigenvalue weighted by Crippen LogP contribution is 2.26. The van der Waals surface area contributed by atoms with Crippen LogP contribution in [0.2, 0.25) is 0 Å².